The zero-order valence-electron chi connectivity index (χ0n) is 14.0. The molecular weight excluding hydrogens is 262 g/mol. The first kappa shape index (κ1) is 17.7. The molecule has 1 nitrogen and oxygen atoms in total. The molecule has 116 valence electrons. The summed E-state index contributed by atoms with van der Waals surface area (Å²) in [5, 5.41) is 1.40. The second-order valence-electron chi connectivity index (χ2n) is 5.86. The van der Waals surface area contributed by atoms with Crippen LogP contribution in [0.5, 0.6) is 0 Å². The van der Waals surface area contributed by atoms with Crippen molar-refractivity contribution in [3.8, 4) is 0 Å². The van der Waals surface area contributed by atoms with E-state index < -0.39 is 0 Å². The molecule has 1 N–H and O–H groups in total. The van der Waals surface area contributed by atoms with Crippen LogP contribution in [0.25, 0.3) is 0 Å². The third-order valence-corrected chi connectivity index (χ3v) is 5.33. The second-order valence-corrected chi connectivity index (χ2v) is 6.96. The van der Waals surface area contributed by atoms with Crippen molar-refractivity contribution >= 4 is 11.8 Å². The van der Waals surface area contributed by atoms with Gasteiger partial charge in [-0.1, -0.05) is 58.8 Å². The lowest BCUT2D eigenvalue weighted by Gasteiger charge is -2.03. The quantitative estimate of drug-likeness (QED) is 0.367. The predicted molar refractivity (Wildman–Crippen MR) is 93.0 cm³/mol. The van der Waals surface area contributed by atoms with Gasteiger partial charge in [0.2, 0.25) is 0 Å². The molecule has 0 aliphatic heterocycles. The van der Waals surface area contributed by atoms with Crippen LogP contribution in [0.1, 0.15) is 82.0 Å². The molecule has 0 amide bonds. The summed E-state index contributed by atoms with van der Waals surface area (Å²) in [5.74, 6) is 1.26. The Kier molecular flexibility index (Phi) is 9.17. The van der Waals surface area contributed by atoms with E-state index in [1.54, 1.807) is 0 Å². The molecule has 0 saturated heterocycles. The molecule has 1 aromatic rings. The molecule has 1 aromatic heterocycles. The Balaban J connectivity index is 2.10. The summed E-state index contributed by atoms with van der Waals surface area (Å²) in [5.41, 5.74) is 4.36. The Hall–Kier alpha value is -0.370. The molecule has 0 saturated carbocycles. The van der Waals surface area contributed by atoms with Crippen molar-refractivity contribution in [2.24, 2.45) is 0 Å². The van der Waals surface area contributed by atoms with Crippen LogP contribution in [-0.4, -0.2) is 10.7 Å². The van der Waals surface area contributed by atoms with Crippen LogP contribution >= 0.6 is 11.8 Å². The Morgan fingerprint density at radius 2 is 1.45 bits per heavy atom. The fourth-order valence-electron chi connectivity index (χ4n) is 2.84. The predicted octanol–water partition coefficient (Wildman–Crippen LogP) is 6.43. The largest absolute Gasteiger partial charge is 0.353 e. The van der Waals surface area contributed by atoms with E-state index in [2.05, 4.69) is 32.7 Å². The minimum atomic E-state index is 1.15. The molecule has 0 aliphatic rings. The van der Waals surface area contributed by atoms with E-state index in [9.17, 15) is 0 Å². The highest BCUT2D eigenvalue weighted by Gasteiger charge is 2.09. The van der Waals surface area contributed by atoms with Gasteiger partial charge in [-0.3, -0.25) is 0 Å². The van der Waals surface area contributed by atoms with Crippen molar-refractivity contribution in [3.63, 3.8) is 0 Å². The maximum atomic E-state index is 3.55. The molecule has 1 rings (SSSR count). The molecule has 0 fully saturated rings. The van der Waals surface area contributed by atoms with Gasteiger partial charge in [0.25, 0.3) is 0 Å². The molecule has 0 aromatic carbocycles. The number of aryl methyl sites for hydroxylation is 1. The molecule has 0 aliphatic carbocycles. The van der Waals surface area contributed by atoms with E-state index in [1.807, 2.05) is 11.8 Å². The van der Waals surface area contributed by atoms with Crippen molar-refractivity contribution in [2.75, 3.05) is 5.75 Å². The van der Waals surface area contributed by atoms with E-state index in [0.29, 0.717) is 0 Å². The number of aromatic amines is 1. The van der Waals surface area contributed by atoms with E-state index in [4.69, 9.17) is 0 Å². The molecular formula is C18H33NS. The number of aromatic nitrogens is 1. The van der Waals surface area contributed by atoms with Gasteiger partial charge in [0, 0.05) is 5.69 Å². The second kappa shape index (κ2) is 10.4. The average Bonchev–Trinajstić information content (AvgIpc) is 2.71. The zero-order chi connectivity index (χ0) is 14.8. The molecule has 0 radical (unpaired) electrons. The number of unbranched alkanes of at least 4 members (excludes halogenated alkanes) is 7. The highest BCUT2D eigenvalue weighted by molar-refractivity contribution is 7.99. The maximum absolute atomic E-state index is 3.55. The third kappa shape index (κ3) is 5.95. The van der Waals surface area contributed by atoms with Gasteiger partial charge >= 0.3 is 0 Å². The molecule has 0 atom stereocenters. The van der Waals surface area contributed by atoms with E-state index in [-0.39, 0.29) is 0 Å². The zero-order valence-corrected chi connectivity index (χ0v) is 14.8. The van der Waals surface area contributed by atoms with Gasteiger partial charge < -0.3 is 4.98 Å². The van der Waals surface area contributed by atoms with Crippen LogP contribution in [0, 0.1) is 13.8 Å². The lowest BCUT2D eigenvalue weighted by atomic mass is 10.1. The molecule has 20 heavy (non-hydrogen) atoms. The highest BCUT2D eigenvalue weighted by atomic mass is 32.2. The highest BCUT2D eigenvalue weighted by Crippen LogP contribution is 2.27. The van der Waals surface area contributed by atoms with Gasteiger partial charge in [0.1, 0.15) is 0 Å². The fraction of sp³-hybridized carbons (Fsp3) is 0.778. The van der Waals surface area contributed by atoms with Gasteiger partial charge in [-0.15, -0.1) is 11.8 Å². The van der Waals surface area contributed by atoms with Gasteiger partial charge in [-0.05, 0) is 43.6 Å². The minimum Gasteiger partial charge on any atom is -0.353 e. The Bertz CT molecular complexity index is 368. The normalized spacial score (nSPS) is 11.2. The lowest BCUT2D eigenvalue weighted by molar-refractivity contribution is 0.586. The summed E-state index contributed by atoms with van der Waals surface area (Å²) in [4.78, 5) is 3.55. The number of rotatable bonds is 11. The van der Waals surface area contributed by atoms with E-state index in [0.717, 1.165) is 6.42 Å². The maximum Gasteiger partial charge on any atom is 0.0756 e. The summed E-state index contributed by atoms with van der Waals surface area (Å²) < 4.78 is 0. The number of hydrogen-bond acceptors (Lipinski definition) is 1. The van der Waals surface area contributed by atoms with Gasteiger partial charge in [-0.2, -0.15) is 0 Å². The van der Waals surface area contributed by atoms with Crippen LogP contribution in [0.4, 0.5) is 0 Å². The van der Waals surface area contributed by atoms with Crippen molar-refractivity contribution in [2.45, 2.75) is 90.5 Å². The topological polar surface area (TPSA) is 15.8 Å². The summed E-state index contributed by atoms with van der Waals surface area (Å²) in [7, 11) is 0. The summed E-state index contributed by atoms with van der Waals surface area (Å²) in [6, 6.07) is 0. The minimum absolute atomic E-state index is 1.15. The lowest BCUT2D eigenvalue weighted by Crippen LogP contribution is -1.85. The summed E-state index contributed by atoms with van der Waals surface area (Å²) >= 11 is 2.01. The first-order valence-corrected chi connectivity index (χ1v) is 9.50. The Morgan fingerprint density at radius 3 is 2.00 bits per heavy atom. The number of hydrogen-bond donors (Lipinski definition) is 1. The number of H-pyrrole nitrogens is 1. The van der Waals surface area contributed by atoms with Crippen molar-refractivity contribution in [3.05, 3.63) is 16.8 Å². The van der Waals surface area contributed by atoms with Crippen molar-refractivity contribution < 1.29 is 0 Å². The molecule has 0 bridgehead atoms. The summed E-state index contributed by atoms with van der Waals surface area (Å²) in [6.45, 7) is 8.99. The van der Waals surface area contributed by atoms with Gasteiger partial charge in [-0.25, -0.2) is 0 Å². The molecule has 0 spiro atoms. The van der Waals surface area contributed by atoms with Gasteiger partial charge in [0.05, 0.1) is 5.03 Å². The smallest absolute Gasteiger partial charge is 0.0756 e. The monoisotopic (exact) mass is 295 g/mol. The first-order valence-electron chi connectivity index (χ1n) is 8.51. The molecule has 1 heterocycles. The summed E-state index contributed by atoms with van der Waals surface area (Å²) in [6.07, 6.45) is 12.4. The van der Waals surface area contributed by atoms with Crippen LogP contribution in [0.2, 0.25) is 0 Å². The standard InChI is InChI=1S/C18H33NS/c1-5-7-8-9-10-11-12-13-14-20-18-15(3)17(6-2)16(4)19-18/h19H,5-14H2,1-4H3. The van der Waals surface area contributed by atoms with Crippen LogP contribution in [-0.2, 0) is 6.42 Å². The SMILES string of the molecule is CCCCCCCCCCSc1[nH]c(C)c(CC)c1C. The van der Waals surface area contributed by atoms with Crippen molar-refractivity contribution in [1.82, 2.24) is 4.98 Å². The number of nitrogens with one attached hydrogen (secondary N) is 1. The van der Waals surface area contributed by atoms with E-state index >= 15 is 0 Å². The molecule has 2 heteroatoms. The molecule has 0 unspecified atom stereocenters. The van der Waals surface area contributed by atoms with E-state index in [1.165, 1.54) is 79.0 Å². The Labute approximate surface area is 130 Å². The van der Waals surface area contributed by atoms with Crippen molar-refractivity contribution in [1.29, 1.82) is 0 Å². The number of thioether (sulfide) groups is 1. The third-order valence-electron chi connectivity index (χ3n) is 4.14. The first-order chi connectivity index (χ1) is 9.70. The Morgan fingerprint density at radius 1 is 0.850 bits per heavy atom. The fourth-order valence-corrected chi connectivity index (χ4v) is 3.96. The van der Waals surface area contributed by atoms with Crippen LogP contribution in [0.3, 0.4) is 0 Å². The van der Waals surface area contributed by atoms with Crippen LogP contribution < -0.4 is 0 Å². The average molecular weight is 296 g/mol. The van der Waals surface area contributed by atoms with Crippen LogP contribution in [0.15, 0.2) is 5.03 Å². The van der Waals surface area contributed by atoms with Gasteiger partial charge in [0.15, 0.2) is 0 Å².